The number of hydrazone groups is 1. The number of halogens is 2. The second-order valence-electron chi connectivity index (χ2n) is 7.45. The number of benzene rings is 1. The molecule has 1 N–H and O–H groups in total. The van der Waals surface area contributed by atoms with E-state index in [0.717, 1.165) is 18.8 Å². The van der Waals surface area contributed by atoms with Crippen LogP contribution in [0.1, 0.15) is 11.3 Å². The maximum Gasteiger partial charge on any atom is 0.324 e. The molecule has 4 rings (SSSR count). The van der Waals surface area contributed by atoms with Crippen LogP contribution in [0.3, 0.4) is 0 Å². The normalized spacial score (nSPS) is 19.0. The van der Waals surface area contributed by atoms with Crippen LogP contribution in [0.25, 0.3) is 0 Å². The van der Waals surface area contributed by atoms with Crippen LogP contribution in [0.15, 0.2) is 53.8 Å². The summed E-state index contributed by atoms with van der Waals surface area (Å²) in [7, 11) is 2.04. The van der Waals surface area contributed by atoms with Crippen LogP contribution in [0.4, 0.5) is 19.3 Å². The Morgan fingerprint density at radius 1 is 1.19 bits per heavy atom. The molecule has 1 atom stereocenters. The van der Waals surface area contributed by atoms with E-state index in [-0.39, 0.29) is 18.5 Å². The predicted molar refractivity (Wildman–Crippen MR) is 112 cm³/mol. The zero-order chi connectivity index (χ0) is 21.8. The van der Waals surface area contributed by atoms with Gasteiger partial charge in [-0.3, -0.25) is 15.3 Å². The number of urea groups is 1. The van der Waals surface area contributed by atoms with Gasteiger partial charge in [0.2, 0.25) is 12.1 Å². The van der Waals surface area contributed by atoms with E-state index in [9.17, 15) is 13.6 Å². The summed E-state index contributed by atoms with van der Waals surface area (Å²) < 4.78 is 30.6. The average Bonchev–Trinajstić information content (AvgIpc) is 3.29. The van der Waals surface area contributed by atoms with Crippen molar-refractivity contribution in [3.8, 4) is 0 Å². The molecule has 2 amide bonds. The molecule has 8 nitrogen and oxygen atoms in total. The van der Waals surface area contributed by atoms with Crippen molar-refractivity contribution in [1.82, 2.24) is 20.2 Å². The quantitative estimate of drug-likeness (QED) is 0.788. The second kappa shape index (κ2) is 9.25. The van der Waals surface area contributed by atoms with E-state index in [1.807, 2.05) is 42.3 Å². The summed E-state index contributed by atoms with van der Waals surface area (Å²) >= 11 is 0. The molecule has 10 heteroatoms. The SMILES string of the molecule is CN1CCN(C(=O)N(Cc2ccc(C3=NNC(C(F)F)O3)cn2)c2ccccc2)CC1. The number of pyridine rings is 1. The van der Waals surface area contributed by atoms with Gasteiger partial charge >= 0.3 is 6.03 Å². The van der Waals surface area contributed by atoms with Crippen molar-refractivity contribution in [2.24, 2.45) is 5.10 Å². The molecular formula is C21H24F2N6O2. The summed E-state index contributed by atoms with van der Waals surface area (Å²) in [5, 5.41) is 3.79. The predicted octanol–water partition coefficient (Wildman–Crippen LogP) is 2.33. The number of likely N-dealkylation sites (N-methyl/N-ethyl adjacent to an activating group) is 1. The van der Waals surface area contributed by atoms with Gasteiger partial charge in [0.1, 0.15) is 0 Å². The van der Waals surface area contributed by atoms with E-state index in [4.69, 9.17) is 4.74 Å². The van der Waals surface area contributed by atoms with Gasteiger partial charge < -0.3 is 14.5 Å². The van der Waals surface area contributed by atoms with Crippen LogP contribution >= 0.6 is 0 Å². The van der Waals surface area contributed by atoms with Crippen molar-refractivity contribution in [2.75, 3.05) is 38.1 Å². The lowest BCUT2D eigenvalue weighted by Gasteiger charge is -2.36. The Kier molecular flexibility index (Phi) is 6.26. The number of aromatic nitrogens is 1. The van der Waals surface area contributed by atoms with E-state index >= 15 is 0 Å². The number of piperazine rings is 1. The third-order valence-electron chi connectivity index (χ3n) is 5.23. The number of nitrogens with one attached hydrogen (secondary N) is 1. The zero-order valence-corrected chi connectivity index (χ0v) is 17.1. The Balaban J connectivity index is 1.49. The molecule has 2 aliphatic rings. The monoisotopic (exact) mass is 430 g/mol. The van der Waals surface area contributed by atoms with Crippen molar-refractivity contribution >= 4 is 17.6 Å². The van der Waals surface area contributed by atoms with E-state index in [0.29, 0.717) is 24.3 Å². The molecule has 0 spiro atoms. The van der Waals surface area contributed by atoms with Crippen LogP contribution in [0.2, 0.25) is 0 Å². The minimum absolute atomic E-state index is 0.0674. The maximum absolute atomic E-state index is 13.3. The van der Waals surface area contributed by atoms with Gasteiger partial charge in [-0.25, -0.2) is 13.6 Å². The van der Waals surface area contributed by atoms with Crippen LogP contribution in [-0.2, 0) is 11.3 Å². The molecule has 1 aromatic heterocycles. The summed E-state index contributed by atoms with van der Waals surface area (Å²) in [5.74, 6) is 0.0674. The molecule has 0 bridgehead atoms. The van der Waals surface area contributed by atoms with E-state index in [1.165, 1.54) is 6.20 Å². The molecule has 2 aliphatic heterocycles. The molecule has 31 heavy (non-hydrogen) atoms. The number of hydrogen-bond donors (Lipinski definition) is 1. The lowest BCUT2D eigenvalue weighted by atomic mass is 10.2. The molecule has 0 radical (unpaired) electrons. The van der Waals surface area contributed by atoms with E-state index < -0.39 is 12.7 Å². The summed E-state index contributed by atoms with van der Waals surface area (Å²) in [6.07, 6.45) is -2.63. The first kappa shape index (κ1) is 21.0. The van der Waals surface area contributed by atoms with Crippen LogP contribution in [0, 0.1) is 0 Å². The van der Waals surface area contributed by atoms with Gasteiger partial charge in [-0.1, -0.05) is 18.2 Å². The lowest BCUT2D eigenvalue weighted by Crippen LogP contribution is -2.52. The zero-order valence-electron chi connectivity index (χ0n) is 17.1. The number of para-hydroxylation sites is 1. The molecule has 3 heterocycles. The third-order valence-corrected chi connectivity index (χ3v) is 5.23. The highest BCUT2D eigenvalue weighted by molar-refractivity contribution is 5.94. The van der Waals surface area contributed by atoms with E-state index in [1.54, 1.807) is 17.0 Å². The lowest BCUT2D eigenvalue weighted by molar-refractivity contribution is 0.000580. The number of ether oxygens (including phenoxy) is 1. The number of alkyl halides is 2. The smallest absolute Gasteiger partial charge is 0.324 e. The van der Waals surface area contributed by atoms with Crippen molar-refractivity contribution < 1.29 is 18.3 Å². The largest absolute Gasteiger partial charge is 0.444 e. The highest BCUT2D eigenvalue weighted by Crippen LogP contribution is 2.20. The molecule has 2 aromatic rings. The summed E-state index contributed by atoms with van der Waals surface area (Å²) in [5.41, 5.74) is 4.18. The van der Waals surface area contributed by atoms with Crippen LogP contribution < -0.4 is 10.3 Å². The fourth-order valence-corrected chi connectivity index (χ4v) is 3.39. The Morgan fingerprint density at radius 2 is 1.94 bits per heavy atom. The maximum atomic E-state index is 13.3. The number of nitrogens with zero attached hydrogens (tertiary/aromatic N) is 5. The summed E-state index contributed by atoms with van der Waals surface area (Å²) in [6.45, 7) is 3.27. The minimum atomic E-state index is -2.69. The first-order valence-electron chi connectivity index (χ1n) is 10.0. The summed E-state index contributed by atoms with van der Waals surface area (Å²) in [6, 6.07) is 12.8. The Hall–Kier alpha value is -3.27. The third kappa shape index (κ3) is 4.91. The van der Waals surface area contributed by atoms with Crippen molar-refractivity contribution in [1.29, 1.82) is 0 Å². The van der Waals surface area contributed by atoms with Gasteiger partial charge in [-0.2, -0.15) is 0 Å². The molecule has 1 unspecified atom stereocenters. The number of carbonyl (C=O) groups is 1. The van der Waals surface area contributed by atoms with Crippen molar-refractivity contribution in [3.05, 3.63) is 59.9 Å². The molecule has 164 valence electrons. The molecule has 0 aliphatic carbocycles. The molecule has 0 saturated carbocycles. The topological polar surface area (TPSA) is 73.3 Å². The number of rotatable bonds is 5. The van der Waals surface area contributed by atoms with Gasteiger partial charge in [0, 0.05) is 38.1 Å². The highest BCUT2D eigenvalue weighted by Gasteiger charge is 2.29. The van der Waals surface area contributed by atoms with Gasteiger partial charge in [0.25, 0.3) is 6.43 Å². The Labute approximate surface area is 179 Å². The number of carbonyl (C=O) groups excluding carboxylic acids is 1. The first-order valence-corrected chi connectivity index (χ1v) is 10.0. The van der Waals surface area contributed by atoms with Crippen LogP contribution in [0.5, 0.6) is 0 Å². The number of amides is 2. The molecule has 1 aromatic carbocycles. The number of hydrogen-bond acceptors (Lipinski definition) is 6. The number of anilines is 1. The van der Waals surface area contributed by atoms with Crippen molar-refractivity contribution in [2.45, 2.75) is 19.2 Å². The fraction of sp³-hybridized carbons (Fsp3) is 0.381. The molecule has 1 saturated heterocycles. The first-order chi connectivity index (χ1) is 15.0. The Bertz CT molecular complexity index is 917. The molecular weight excluding hydrogens is 406 g/mol. The second-order valence-corrected chi connectivity index (χ2v) is 7.45. The van der Waals surface area contributed by atoms with E-state index in [2.05, 4.69) is 20.4 Å². The summed E-state index contributed by atoms with van der Waals surface area (Å²) in [4.78, 5) is 23.4. The van der Waals surface area contributed by atoms with Crippen molar-refractivity contribution in [3.63, 3.8) is 0 Å². The van der Waals surface area contributed by atoms with Gasteiger partial charge in [-0.15, -0.1) is 5.10 Å². The average molecular weight is 430 g/mol. The van der Waals surface area contributed by atoms with Gasteiger partial charge in [0.15, 0.2) is 0 Å². The van der Waals surface area contributed by atoms with Gasteiger partial charge in [-0.05, 0) is 31.3 Å². The van der Waals surface area contributed by atoms with Crippen LogP contribution in [-0.4, -0.2) is 72.6 Å². The van der Waals surface area contributed by atoms with Gasteiger partial charge in [0.05, 0.1) is 17.8 Å². The highest BCUT2D eigenvalue weighted by atomic mass is 19.3. The standard InChI is InChI=1S/C21H24F2N6O2/c1-27-9-11-28(12-10-27)21(30)29(17-5-3-2-4-6-17)14-16-8-7-15(13-24-16)19-25-26-20(31-19)18(22)23/h2-8,13,18,20,26H,9-12,14H2,1H3. The fourth-order valence-electron chi connectivity index (χ4n) is 3.39. The molecule has 1 fully saturated rings. The Morgan fingerprint density at radius 3 is 2.55 bits per heavy atom. The minimum Gasteiger partial charge on any atom is -0.444 e.